The molecule has 7 heteroatoms. The van der Waals surface area contributed by atoms with E-state index < -0.39 is 0 Å². The number of hydrogen-bond donors (Lipinski definition) is 1. The van der Waals surface area contributed by atoms with Crippen molar-refractivity contribution >= 4 is 17.4 Å². The maximum absolute atomic E-state index is 12.8. The average molecular weight is 433 g/mol. The maximum atomic E-state index is 12.8. The van der Waals surface area contributed by atoms with E-state index >= 15 is 0 Å². The topological polar surface area (TPSA) is 76.6 Å². The molecule has 1 amide bonds. The van der Waals surface area contributed by atoms with Gasteiger partial charge in [-0.2, -0.15) is 0 Å². The average Bonchev–Trinajstić information content (AvgIpc) is 2.84. The Morgan fingerprint density at radius 3 is 2.38 bits per heavy atom. The Balaban J connectivity index is 1.37. The van der Waals surface area contributed by atoms with Gasteiger partial charge < -0.3 is 19.7 Å². The highest BCUT2D eigenvalue weighted by Gasteiger charge is 2.26. The fraction of sp³-hybridized carbons (Fsp3) is 0.320. The van der Waals surface area contributed by atoms with Gasteiger partial charge in [0.05, 0.1) is 19.9 Å². The van der Waals surface area contributed by atoms with Gasteiger partial charge in [0.25, 0.3) is 0 Å². The molecule has 0 unspecified atom stereocenters. The zero-order valence-corrected chi connectivity index (χ0v) is 18.7. The van der Waals surface area contributed by atoms with E-state index in [0.29, 0.717) is 17.2 Å². The zero-order valence-electron chi connectivity index (χ0n) is 18.7. The SMILES string of the molecule is COc1ccc(NC(=O)C2CCN(c3cc(-c4ccc(C)cc4)ncn3)CC2)cc1OC. The molecular weight excluding hydrogens is 404 g/mol. The molecule has 0 bridgehead atoms. The predicted molar refractivity (Wildman–Crippen MR) is 125 cm³/mol. The second kappa shape index (κ2) is 9.68. The molecule has 0 aliphatic carbocycles. The van der Waals surface area contributed by atoms with Crippen molar-refractivity contribution in [3.05, 3.63) is 60.4 Å². The molecule has 0 atom stereocenters. The lowest BCUT2D eigenvalue weighted by molar-refractivity contribution is -0.120. The first-order chi connectivity index (χ1) is 15.6. The first kappa shape index (κ1) is 21.6. The van der Waals surface area contributed by atoms with Crippen LogP contribution in [0.3, 0.4) is 0 Å². The number of aromatic nitrogens is 2. The van der Waals surface area contributed by atoms with Crippen molar-refractivity contribution in [2.24, 2.45) is 5.92 Å². The highest BCUT2D eigenvalue weighted by molar-refractivity contribution is 5.93. The molecule has 1 aromatic heterocycles. The Bertz CT molecular complexity index is 1080. The molecule has 1 fully saturated rings. The number of rotatable bonds is 6. The van der Waals surface area contributed by atoms with Crippen LogP contribution in [0, 0.1) is 12.8 Å². The van der Waals surface area contributed by atoms with Crippen molar-refractivity contribution in [1.82, 2.24) is 9.97 Å². The van der Waals surface area contributed by atoms with Gasteiger partial charge in [-0.05, 0) is 31.9 Å². The number of methoxy groups -OCH3 is 2. The van der Waals surface area contributed by atoms with Crippen molar-refractivity contribution in [3.63, 3.8) is 0 Å². The van der Waals surface area contributed by atoms with Crippen LogP contribution in [0.15, 0.2) is 54.9 Å². The van der Waals surface area contributed by atoms with Crippen LogP contribution in [0.25, 0.3) is 11.3 Å². The van der Waals surface area contributed by atoms with Gasteiger partial charge in [0.15, 0.2) is 11.5 Å². The minimum atomic E-state index is -0.0437. The first-order valence-electron chi connectivity index (χ1n) is 10.7. The third-order valence-electron chi connectivity index (χ3n) is 5.84. The van der Waals surface area contributed by atoms with Crippen LogP contribution in [0.2, 0.25) is 0 Å². The summed E-state index contributed by atoms with van der Waals surface area (Å²) in [5.74, 6) is 2.11. The fourth-order valence-corrected chi connectivity index (χ4v) is 3.93. The molecule has 0 saturated carbocycles. The second-order valence-corrected chi connectivity index (χ2v) is 7.95. The number of piperidine rings is 1. The lowest BCUT2D eigenvalue weighted by atomic mass is 9.95. The van der Waals surface area contributed by atoms with Crippen LogP contribution in [0.1, 0.15) is 18.4 Å². The summed E-state index contributed by atoms with van der Waals surface area (Å²) in [5.41, 5.74) is 3.90. The van der Waals surface area contributed by atoms with E-state index in [2.05, 4.69) is 51.4 Å². The molecule has 1 saturated heterocycles. The van der Waals surface area contributed by atoms with E-state index in [4.69, 9.17) is 9.47 Å². The summed E-state index contributed by atoms with van der Waals surface area (Å²) in [5, 5.41) is 3.01. The van der Waals surface area contributed by atoms with Gasteiger partial charge in [-0.1, -0.05) is 29.8 Å². The molecule has 2 heterocycles. The minimum Gasteiger partial charge on any atom is -0.493 e. The number of ether oxygens (including phenoxy) is 2. The Morgan fingerprint density at radius 1 is 0.969 bits per heavy atom. The smallest absolute Gasteiger partial charge is 0.227 e. The van der Waals surface area contributed by atoms with Gasteiger partial charge in [-0.3, -0.25) is 4.79 Å². The number of amides is 1. The van der Waals surface area contributed by atoms with Crippen molar-refractivity contribution in [2.75, 3.05) is 37.5 Å². The largest absolute Gasteiger partial charge is 0.493 e. The maximum Gasteiger partial charge on any atom is 0.227 e. The quantitative estimate of drug-likeness (QED) is 0.625. The van der Waals surface area contributed by atoms with Crippen LogP contribution >= 0.6 is 0 Å². The summed E-state index contributed by atoms with van der Waals surface area (Å²) in [7, 11) is 3.17. The summed E-state index contributed by atoms with van der Waals surface area (Å²) >= 11 is 0. The Kier molecular flexibility index (Phi) is 6.54. The Hall–Kier alpha value is -3.61. The number of hydrogen-bond acceptors (Lipinski definition) is 6. The molecule has 0 radical (unpaired) electrons. The molecule has 7 nitrogen and oxygen atoms in total. The highest BCUT2D eigenvalue weighted by atomic mass is 16.5. The highest BCUT2D eigenvalue weighted by Crippen LogP contribution is 2.31. The standard InChI is InChI=1S/C25H28N4O3/c1-17-4-6-18(7-5-17)21-15-24(27-16-26-21)29-12-10-19(11-13-29)25(30)28-20-8-9-22(31-2)23(14-20)32-3/h4-9,14-16,19H,10-13H2,1-3H3,(H,28,30). The Morgan fingerprint density at radius 2 is 1.69 bits per heavy atom. The summed E-state index contributed by atoms with van der Waals surface area (Å²) in [4.78, 5) is 23.9. The van der Waals surface area contributed by atoms with E-state index in [1.807, 2.05) is 12.1 Å². The van der Waals surface area contributed by atoms with Crippen LogP contribution in [-0.2, 0) is 4.79 Å². The lowest BCUT2D eigenvalue weighted by Gasteiger charge is -2.32. The summed E-state index contributed by atoms with van der Waals surface area (Å²) in [6.07, 6.45) is 3.15. The van der Waals surface area contributed by atoms with Crippen molar-refractivity contribution in [1.29, 1.82) is 0 Å². The van der Waals surface area contributed by atoms with Gasteiger partial charge >= 0.3 is 0 Å². The summed E-state index contributed by atoms with van der Waals surface area (Å²) in [6.45, 7) is 3.61. The van der Waals surface area contributed by atoms with Crippen LogP contribution in [-0.4, -0.2) is 43.2 Å². The van der Waals surface area contributed by atoms with E-state index in [-0.39, 0.29) is 11.8 Å². The van der Waals surface area contributed by atoms with Crippen LogP contribution in [0.4, 0.5) is 11.5 Å². The fourth-order valence-electron chi connectivity index (χ4n) is 3.93. The number of carbonyl (C=O) groups excluding carboxylic acids is 1. The van der Waals surface area contributed by atoms with Gasteiger partial charge in [0, 0.05) is 42.4 Å². The first-order valence-corrected chi connectivity index (χ1v) is 10.7. The molecular formula is C25H28N4O3. The van der Waals surface area contributed by atoms with Crippen LogP contribution in [0.5, 0.6) is 11.5 Å². The van der Waals surface area contributed by atoms with Gasteiger partial charge in [0.2, 0.25) is 5.91 Å². The third-order valence-corrected chi connectivity index (χ3v) is 5.84. The number of aryl methyl sites for hydroxylation is 1. The predicted octanol–water partition coefficient (Wildman–Crippen LogP) is 4.32. The lowest BCUT2D eigenvalue weighted by Crippen LogP contribution is -2.38. The summed E-state index contributed by atoms with van der Waals surface area (Å²) < 4.78 is 10.6. The van der Waals surface area contributed by atoms with E-state index in [1.54, 1.807) is 32.7 Å². The number of anilines is 2. The second-order valence-electron chi connectivity index (χ2n) is 7.95. The van der Waals surface area contributed by atoms with Crippen molar-refractivity contribution in [3.8, 4) is 22.8 Å². The normalized spacial score (nSPS) is 14.2. The molecule has 1 aliphatic rings. The zero-order chi connectivity index (χ0) is 22.5. The minimum absolute atomic E-state index is 0.0277. The number of carbonyl (C=O) groups is 1. The number of nitrogens with one attached hydrogen (secondary N) is 1. The van der Waals surface area contributed by atoms with E-state index in [0.717, 1.165) is 43.0 Å². The van der Waals surface area contributed by atoms with E-state index in [1.165, 1.54) is 5.56 Å². The molecule has 166 valence electrons. The monoisotopic (exact) mass is 432 g/mol. The molecule has 1 aliphatic heterocycles. The van der Waals surface area contributed by atoms with Crippen molar-refractivity contribution < 1.29 is 14.3 Å². The third kappa shape index (κ3) is 4.82. The molecule has 32 heavy (non-hydrogen) atoms. The van der Waals surface area contributed by atoms with Crippen LogP contribution < -0.4 is 19.7 Å². The molecule has 2 aromatic carbocycles. The molecule has 1 N–H and O–H groups in total. The molecule has 3 aromatic rings. The number of benzene rings is 2. The molecule has 4 rings (SSSR count). The van der Waals surface area contributed by atoms with Gasteiger partial charge in [0.1, 0.15) is 12.1 Å². The molecule has 0 spiro atoms. The van der Waals surface area contributed by atoms with Gasteiger partial charge in [-0.25, -0.2) is 9.97 Å². The summed E-state index contributed by atoms with van der Waals surface area (Å²) in [6, 6.07) is 15.7. The van der Waals surface area contributed by atoms with Gasteiger partial charge in [-0.15, -0.1) is 0 Å². The number of nitrogens with zero attached hydrogens (tertiary/aromatic N) is 3. The van der Waals surface area contributed by atoms with E-state index in [9.17, 15) is 4.79 Å². The van der Waals surface area contributed by atoms with Crippen molar-refractivity contribution in [2.45, 2.75) is 19.8 Å². The Labute approximate surface area is 188 Å².